The van der Waals surface area contributed by atoms with E-state index in [4.69, 9.17) is 0 Å². The highest BCUT2D eigenvalue weighted by Gasteiger charge is 2.10. The third-order valence-corrected chi connectivity index (χ3v) is 2.95. The van der Waals surface area contributed by atoms with Crippen molar-refractivity contribution in [2.45, 2.75) is 13.3 Å². The highest BCUT2D eigenvalue weighted by Crippen LogP contribution is 2.11. The molecule has 2 rings (SSSR count). The molecule has 0 spiro atoms. The number of carbonyl (C=O) groups excluding carboxylic acids is 1. The lowest BCUT2D eigenvalue weighted by molar-refractivity contribution is 0.0599. The number of hydrogen-bond acceptors (Lipinski definition) is 6. The fourth-order valence-electron chi connectivity index (χ4n) is 1.82. The van der Waals surface area contributed by atoms with Gasteiger partial charge in [0.2, 0.25) is 0 Å². The van der Waals surface area contributed by atoms with E-state index < -0.39 is 0 Å². The highest BCUT2D eigenvalue weighted by molar-refractivity contribution is 5.90. The van der Waals surface area contributed by atoms with Crippen molar-refractivity contribution in [3.05, 3.63) is 35.5 Å². The van der Waals surface area contributed by atoms with Crippen molar-refractivity contribution < 1.29 is 9.53 Å². The van der Waals surface area contributed by atoms with Crippen molar-refractivity contribution in [1.82, 2.24) is 19.7 Å². The summed E-state index contributed by atoms with van der Waals surface area (Å²) in [6.07, 6.45) is 2.42. The summed E-state index contributed by atoms with van der Waals surface area (Å²) < 4.78 is 6.56. The second-order valence-electron chi connectivity index (χ2n) is 4.36. The summed E-state index contributed by atoms with van der Waals surface area (Å²) in [5.41, 5.74) is 1.12. The summed E-state index contributed by atoms with van der Waals surface area (Å²) >= 11 is 0. The quantitative estimate of drug-likeness (QED) is 0.818. The highest BCUT2D eigenvalue weighted by atomic mass is 16.5. The molecule has 0 aromatic carbocycles. The molecule has 1 N–H and O–H groups in total. The fraction of sp³-hybridized carbons (Fsp3) is 0.385. The second-order valence-corrected chi connectivity index (χ2v) is 4.36. The van der Waals surface area contributed by atoms with Gasteiger partial charge >= 0.3 is 5.97 Å². The second kappa shape index (κ2) is 6.14. The molecule has 2 heterocycles. The van der Waals surface area contributed by atoms with Gasteiger partial charge in [-0.3, -0.25) is 0 Å². The summed E-state index contributed by atoms with van der Waals surface area (Å²) in [5.74, 6) is 1.25. The zero-order valence-electron chi connectivity index (χ0n) is 11.8. The number of aryl methyl sites for hydroxylation is 2. The molecule has 0 aliphatic heterocycles. The number of ether oxygens (including phenoxy) is 1. The number of carbonyl (C=O) groups is 1. The maximum atomic E-state index is 11.5. The normalized spacial score (nSPS) is 10.3. The van der Waals surface area contributed by atoms with Gasteiger partial charge in [-0.2, -0.15) is 0 Å². The van der Waals surface area contributed by atoms with Gasteiger partial charge in [-0.25, -0.2) is 9.78 Å². The topological polar surface area (TPSA) is 81.9 Å². The van der Waals surface area contributed by atoms with Crippen LogP contribution in [0.5, 0.6) is 0 Å². The van der Waals surface area contributed by atoms with Gasteiger partial charge in [-0.15, -0.1) is 10.2 Å². The maximum absolute atomic E-state index is 11.5. The first-order chi connectivity index (χ1) is 9.61. The number of pyridine rings is 1. The van der Waals surface area contributed by atoms with E-state index in [0.717, 1.165) is 18.1 Å². The molecule has 7 nitrogen and oxygen atoms in total. The number of nitrogens with one attached hydrogen (secondary N) is 1. The van der Waals surface area contributed by atoms with Gasteiger partial charge < -0.3 is 14.6 Å². The molecule has 0 aliphatic carbocycles. The first kappa shape index (κ1) is 14.0. The van der Waals surface area contributed by atoms with Crippen molar-refractivity contribution in [3.8, 4) is 0 Å². The van der Waals surface area contributed by atoms with Crippen LogP contribution in [0.2, 0.25) is 0 Å². The van der Waals surface area contributed by atoms with Crippen molar-refractivity contribution >= 4 is 11.8 Å². The first-order valence-corrected chi connectivity index (χ1v) is 6.24. The minimum atomic E-state index is -0.374. The molecule has 0 saturated heterocycles. The van der Waals surface area contributed by atoms with Crippen LogP contribution in [0.25, 0.3) is 0 Å². The van der Waals surface area contributed by atoms with E-state index in [1.54, 1.807) is 25.4 Å². The molecule has 2 aromatic heterocycles. The summed E-state index contributed by atoms with van der Waals surface area (Å²) in [6, 6.07) is 3.47. The predicted octanol–water partition coefficient (Wildman–Crippen LogP) is 0.960. The number of methoxy groups -OCH3 is 1. The zero-order valence-corrected chi connectivity index (χ0v) is 11.8. The molecule has 7 heteroatoms. The Labute approximate surface area is 117 Å². The molecule has 0 aliphatic rings. The van der Waals surface area contributed by atoms with Crippen molar-refractivity contribution in [1.29, 1.82) is 0 Å². The molecular formula is C13H17N5O2. The van der Waals surface area contributed by atoms with Crippen LogP contribution in [0, 0.1) is 6.92 Å². The number of hydrogen-bond donors (Lipinski definition) is 1. The first-order valence-electron chi connectivity index (χ1n) is 6.24. The SMILES string of the molecule is COC(=O)c1ccc(NCCc2nncn2C)nc1C. The minimum absolute atomic E-state index is 0.374. The molecule has 20 heavy (non-hydrogen) atoms. The Morgan fingerprint density at radius 2 is 2.25 bits per heavy atom. The molecule has 0 fully saturated rings. The van der Waals surface area contributed by atoms with E-state index in [-0.39, 0.29) is 5.97 Å². The Bertz CT molecular complexity index is 609. The zero-order chi connectivity index (χ0) is 14.5. The third-order valence-electron chi connectivity index (χ3n) is 2.95. The van der Waals surface area contributed by atoms with Gasteiger partial charge in [0, 0.05) is 20.0 Å². The van der Waals surface area contributed by atoms with E-state index in [1.165, 1.54) is 7.11 Å². The summed E-state index contributed by atoms with van der Waals surface area (Å²) in [7, 11) is 3.26. The van der Waals surface area contributed by atoms with Crippen LogP contribution in [0.1, 0.15) is 21.9 Å². The fourth-order valence-corrected chi connectivity index (χ4v) is 1.82. The Balaban J connectivity index is 1.95. The summed E-state index contributed by atoms with van der Waals surface area (Å²) in [6.45, 7) is 2.47. The van der Waals surface area contributed by atoms with Crippen LogP contribution in [0.4, 0.5) is 5.82 Å². The van der Waals surface area contributed by atoms with Crippen LogP contribution in [-0.4, -0.2) is 39.4 Å². The number of rotatable bonds is 5. The maximum Gasteiger partial charge on any atom is 0.339 e. The van der Waals surface area contributed by atoms with Gasteiger partial charge in [0.25, 0.3) is 0 Å². The molecule has 0 saturated carbocycles. The average Bonchev–Trinajstić information content (AvgIpc) is 2.84. The molecule has 0 unspecified atom stereocenters. The van der Waals surface area contributed by atoms with Gasteiger partial charge in [0.1, 0.15) is 18.0 Å². The molecule has 0 bridgehead atoms. The Kier molecular flexibility index (Phi) is 4.29. The standard InChI is InChI=1S/C13H17N5O2/c1-9-10(13(19)20-3)4-5-11(16-9)14-7-6-12-17-15-8-18(12)2/h4-5,8H,6-7H2,1-3H3,(H,14,16). The Morgan fingerprint density at radius 3 is 2.85 bits per heavy atom. The number of aromatic nitrogens is 4. The van der Waals surface area contributed by atoms with Crippen LogP contribution >= 0.6 is 0 Å². The van der Waals surface area contributed by atoms with E-state index in [2.05, 4.69) is 25.2 Å². The van der Waals surface area contributed by atoms with Crippen molar-refractivity contribution in [2.24, 2.45) is 7.05 Å². The Hall–Kier alpha value is -2.44. The lowest BCUT2D eigenvalue weighted by Gasteiger charge is -2.08. The van der Waals surface area contributed by atoms with Crippen LogP contribution in [-0.2, 0) is 18.2 Å². The molecule has 2 aromatic rings. The number of esters is 1. The van der Waals surface area contributed by atoms with E-state index >= 15 is 0 Å². The van der Waals surface area contributed by atoms with E-state index in [1.807, 2.05) is 11.6 Å². The molecular weight excluding hydrogens is 258 g/mol. The van der Waals surface area contributed by atoms with Gasteiger partial charge in [-0.1, -0.05) is 0 Å². The lowest BCUT2D eigenvalue weighted by atomic mass is 10.2. The number of anilines is 1. The van der Waals surface area contributed by atoms with Crippen molar-refractivity contribution in [3.63, 3.8) is 0 Å². The van der Waals surface area contributed by atoms with E-state index in [9.17, 15) is 4.79 Å². The van der Waals surface area contributed by atoms with Gasteiger partial charge in [-0.05, 0) is 19.1 Å². The van der Waals surface area contributed by atoms with Crippen LogP contribution in [0.3, 0.4) is 0 Å². The average molecular weight is 275 g/mol. The van der Waals surface area contributed by atoms with E-state index in [0.29, 0.717) is 17.8 Å². The Morgan fingerprint density at radius 1 is 1.45 bits per heavy atom. The lowest BCUT2D eigenvalue weighted by Crippen LogP contribution is -2.11. The molecule has 0 atom stereocenters. The minimum Gasteiger partial charge on any atom is -0.465 e. The van der Waals surface area contributed by atoms with Gasteiger partial charge in [0.05, 0.1) is 18.4 Å². The summed E-state index contributed by atoms with van der Waals surface area (Å²) in [5, 5.41) is 11.0. The molecule has 106 valence electrons. The predicted molar refractivity (Wildman–Crippen MR) is 73.5 cm³/mol. The largest absolute Gasteiger partial charge is 0.465 e. The van der Waals surface area contributed by atoms with Crippen LogP contribution in [0.15, 0.2) is 18.5 Å². The monoisotopic (exact) mass is 275 g/mol. The molecule has 0 amide bonds. The number of nitrogens with zero attached hydrogens (tertiary/aromatic N) is 4. The molecule has 0 radical (unpaired) electrons. The van der Waals surface area contributed by atoms with Gasteiger partial charge in [0.15, 0.2) is 0 Å². The third kappa shape index (κ3) is 3.11. The summed E-state index contributed by atoms with van der Waals surface area (Å²) in [4.78, 5) is 15.8. The van der Waals surface area contributed by atoms with Crippen LogP contribution < -0.4 is 5.32 Å². The van der Waals surface area contributed by atoms with Crippen molar-refractivity contribution in [2.75, 3.05) is 19.0 Å². The smallest absolute Gasteiger partial charge is 0.339 e.